The molecule has 0 aromatic heterocycles. The van der Waals surface area contributed by atoms with E-state index in [2.05, 4.69) is 11.4 Å². The normalized spacial score (nSPS) is 15.9. The Labute approximate surface area is 135 Å². The Morgan fingerprint density at radius 2 is 2.14 bits per heavy atom. The largest absolute Gasteiger partial charge is 0.493 e. The number of rotatable bonds is 5. The number of carbonyl (C=O) groups is 1. The first-order valence-electron chi connectivity index (χ1n) is 7.29. The zero-order chi connectivity index (χ0) is 16.2. The Bertz CT molecular complexity index is 604. The Balaban J connectivity index is 2.27. The fourth-order valence-corrected chi connectivity index (χ4v) is 2.93. The van der Waals surface area contributed by atoms with Crippen LogP contribution in [-0.2, 0) is 0 Å². The molecular formula is C16H19ClN2O3. The first-order chi connectivity index (χ1) is 10.5. The van der Waals surface area contributed by atoms with Crippen LogP contribution in [-0.4, -0.2) is 25.2 Å². The van der Waals surface area contributed by atoms with E-state index in [4.69, 9.17) is 21.1 Å². The number of hydrogen-bond acceptors (Lipinski definition) is 4. The number of carbonyl (C=O) groups excluding carboxylic acids is 1. The highest BCUT2D eigenvalue weighted by Gasteiger charge is 2.35. The summed E-state index contributed by atoms with van der Waals surface area (Å²) in [5, 5.41) is 12.5. The maximum Gasteiger partial charge on any atom is 0.252 e. The van der Waals surface area contributed by atoms with Gasteiger partial charge in [-0.05, 0) is 44.7 Å². The summed E-state index contributed by atoms with van der Waals surface area (Å²) >= 11 is 6.17. The molecule has 1 saturated carbocycles. The molecule has 22 heavy (non-hydrogen) atoms. The minimum absolute atomic E-state index is 0.309. The maximum absolute atomic E-state index is 12.4. The van der Waals surface area contributed by atoms with Gasteiger partial charge in [-0.2, -0.15) is 5.26 Å². The van der Waals surface area contributed by atoms with Crippen LogP contribution < -0.4 is 14.8 Å². The van der Waals surface area contributed by atoms with Gasteiger partial charge in [0.1, 0.15) is 5.54 Å². The number of ether oxygens (including phenoxy) is 2. The molecule has 0 heterocycles. The first-order valence-corrected chi connectivity index (χ1v) is 7.67. The predicted octanol–water partition coefficient (Wildman–Crippen LogP) is 3.31. The molecule has 0 aliphatic heterocycles. The summed E-state index contributed by atoms with van der Waals surface area (Å²) in [5.74, 6) is 0.489. The third-order valence-electron chi connectivity index (χ3n) is 3.80. The van der Waals surface area contributed by atoms with Crippen molar-refractivity contribution in [1.82, 2.24) is 5.32 Å². The SMILES string of the molecule is CCOc1c(Cl)cc(C(=O)NC2(C#N)CCCC2)cc1OC. The Morgan fingerprint density at radius 3 is 2.68 bits per heavy atom. The van der Waals surface area contributed by atoms with E-state index in [1.807, 2.05) is 6.92 Å². The smallest absolute Gasteiger partial charge is 0.252 e. The van der Waals surface area contributed by atoms with Gasteiger partial charge in [0.05, 0.1) is 24.8 Å². The van der Waals surface area contributed by atoms with Crippen LogP contribution in [0.25, 0.3) is 0 Å². The first kappa shape index (κ1) is 16.4. The van der Waals surface area contributed by atoms with E-state index >= 15 is 0 Å². The van der Waals surface area contributed by atoms with Gasteiger partial charge in [0, 0.05) is 5.56 Å². The van der Waals surface area contributed by atoms with Crippen LogP contribution in [0.15, 0.2) is 12.1 Å². The van der Waals surface area contributed by atoms with E-state index in [1.54, 1.807) is 6.07 Å². The number of nitrogens with one attached hydrogen (secondary N) is 1. The van der Waals surface area contributed by atoms with Crippen molar-refractivity contribution in [3.05, 3.63) is 22.7 Å². The molecule has 1 amide bonds. The fourth-order valence-electron chi connectivity index (χ4n) is 2.67. The zero-order valence-corrected chi connectivity index (χ0v) is 13.5. The van der Waals surface area contributed by atoms with E-state index in [9.17, 15) is 10.1 Å². The van der Waals surface area contributed by atoms with Crippen LogP contribution in [0.1, 0.15) is 43.0 Å². The fraction of sp³-hybridized carbons (Fsp3) is 0.500. The molecule has 0 unspecified atom stereocenters. The van der Waals surface area contributed by atoms with Crippen molar-refractivity contribution in [3.63, 3.8) is 0 Å². The lowest BCUT2D eigenvalue weighted by atomic mass is 9.99. The lowest BCUT2D eigenvalue weighted by molar-refractivity contribution is 0.0920. The van der Waals surface area contributed by atoms with E-state index in [0.717, 1.165) is 12.8 Å². The van der Waals surface area contributed by atoms with Gasteiger partial charge in [0.25, 0.3) is 5.91 Å². The van der Waals surface area contributed by atoms with Crippen LogP contribution >= 0.6 is 11.6 Å². The molecule has 2 rings (SSSR count). The minimum atomic E-state index is -0.768. The molecule has 1 fully saturated rings. The number of nitrogens with zero attached hydrogens (tertiary/aromatic N) is 1. The van der Waals surface area contributed by atoms with E-state index in [0.29, 0.717) is 41.5 Å². The van der Waals surface area contributed by atoms with Crippen molar-refractivity contribution < 1.29 is 14.3 Å². The van der Waals surface area contributed by atoms with Crippen LogP contribution in [0, 0.1) is 11.3 Å². The molecule has 1 aliphatic rings. The second-order valence-electron chi connectivity index (χ2n) is 5.28. The van der Waals surface area contributed by atoms with Crippen molar-refractivity contribution in [2.75, 3.05) is 13.7 Å². The molecule has 1 aromatic rings. The number of hydrogen-bond donors (Lipinski definition) is 1. The quantitative estimate of drug-likeness (QED) is 0.902. The second-order valence-corrected chi connectivity index (χ2v) is 5.68. The summed E-state index contributed by atoms with van der Waals surface area (Å²) in [4.78, 5) is 12.4. The number of benzene rings is 1. The van der Waals surface area contributed by atoms with Crippen molar-refractivity contribution in [1.29, 1.82) is 5.26 Å². The predicted molar refractivity (Wildman–Crippen MR) is 83.5 cm³/mol. The topological polar surface area (TPSA) is 71.3 Å². The van der Waals surface area contributed by atoms with Crippen molar-refractivity contribution in [2.45, 2.75) is 38.1 Å². The summed E-state index contributed by atoms with van der Waals surface area (Å²) < 4.78 is 10.7. The summed E-state index contributed by atoms with van der Waals surface area (Å²) in [7, 11) is 1.49. The van der Waals surface area contributed by atoms with Crippen LogP contribution in [0.3, 0.4) is 0 Å². The van der Waals surface area contributed by atoms with E-state index < -0.39 is 5.54 Å². The van der Waals surface area contributed by atoms with Gasteiger partial charge in [-0.3, -0.25) is 4.79 Å². The molecule has 1 aliphatic carbocycles. The van der Waals surface area contributed by atoms with Gasteiger partial charge < -0.3 is 14.8 Å². The molecule has 0 saturated heterocycles. The lowest BCUT2D eigenvalue weighted by Gasteiger charge is -2.22. The van der Waals surface area contributed by atoms with Gasteiger partial charge >= 0.3 is 0 Å². The van der Waals surface area contributed by atoms with Gasteiger partial charge in [-0.15, -0.1) is 0 Å². The number of halogens is 1. The van der Waals surface area contributed by atoms with Crippen molar-refractivity contribution in [2.24, 2.45) is 0 Å². The average molecular weight is 323 g/mol. The van der Waals surface area contributed by atoms with Crippen LogP contribution in [0.2, 0.25) is 5.02 Å². The highest BCUT2D eigenvalue weighted by Crippen LogP contribution is 2.37. The Morgan fingerprint density at radius 1 is 1.45 bits per heavy atom. The summed E-state index contributed by atoms with van der Waals surface area (Å²) in [6.45, 7) is 2.28. The molecule has 0 spiro atoms. The van der Waals surface area contributed by atoms with Gasteiger partial charge in [0.15, 0.2) is 11.5 Å². The minimum Gasteiger partial charge on any atom is -0.493 e. The summed E-state index contributed by atoms with van der Waals surface area (Å²) in [6.07, 6.45) is 3.25. The molecular weight excluding hydrogens is 304 g/mol. The zero-order valence-electron chi connectivity index (χ0n) is 12.7. The van der Waals surface area contributed by atoms with E-state index in [1.165, 1.54) is 13.2 Å². The molecule has 0 atom stereocenters. The van der Waals surface area contributed by atoms with Crippen LogP contribution in [0.4, 0.5) is 0 Å². The van der Waals surface area contributed by atoms with Gasteiger partial charge in [0.2, 0.25) is 0 Å². The molecule has 5 nitrogen and oxygen atoms in total. The maximum atomic E-state index is 12.4. The van der Waals surface area contributed by atoms with E-state index in [-0.39, 0.29) is 5.91 Å². The Hall–Kier alpha value is -1.93. The summed E-state index contributed by atoms with van der Waals surface area (Å²) in [6, 6.07) is 5.34. The highest BCUT2D eigenvalue weighted by molar-refractivity contribution is 6.32. The third kappa shape index (κ3) is 3.28. The molecule has 6 heteroatoms. The monoisotopic (exact) mass is 322 g/mol. The van der Waals surface area contributed by atoms with Crippen LogP contribution in [0.5, 0.6) is 11.5 Å². The number of methoxy groups -OCH3 is 1. The molecule has 118 valence electrons. The average Bonchev–Trinajstić information content (AvgIpc) is 2.98. The number of amides is 1. The van der Waals surface area contributed by atoms with Gasteiger partial charge in [-0.25, -0.2) is 0 Å². The van der Waals surface area contributed by atoms with Crippen molar-refractivity contribution in [3.8, 4) is 17.6 Å². The second kappa shape index (κ2) is 6.89. The lowest BCUT2D eigenvalue weighted by Crippen LogP contribution is -2.45. The van der Waals surface area contributed by atoms with Crippen molar-refractivity contribution >= 4 is 17.5 Å². The van der Waals surface area contributed by atoms with Gasteiger partial charge in [-0.1, -0.05) is 11.6 Å². The molecule has 1 aromatic carbocycles. The highest BCUT2D eigenvalue weighted by atomic mass is 35.5. The third-order valence-corrected chi connectivity index (χ3v) is 4.08. The summed E-state index contributed by atoms with van der Waals surface area (Å²) in [5.41, 5.74) is -0.415. The molecule has 1 N–H and O–H groups in total. The molecule has 0 bridgehead atoms. The standard InChI is InChI=1S/C16H19ClN2O3/c1-3-22-14-12(17)8-11(9-13(14)21-2)15(20)19-16(10-18)6-4-5-7-16/h8-9H,3-7H2,1-2H3,(H,19,20). The number of nitriles is 1. The Kier molecular flexibility index (Phi) is 5.15. The molecule has 0 radical (unpaired) electrons.